The van der Waals surface area contributed by atoms with Gasteiger partial charge in [0, 0.05) is 12.6 Å². The van der Waals surface area contributed by atoms with E-state index >= 15 is 0 Å². The van der Waals surface area contributed by atoms with E-state index in [0.717, 1.165) is 16.9 Å². The van der Waals surface area contributed by atoms with Gasteiger partial charge >= 0.3 is 5.97 Å². The highest BCUT2D eigenvalue weighted by Gasteiger charge is 2.11. The second-order valence-corrected chi connectivity index (χ2v) is 5.14. The van der Waals surface area contributed by atoms with Gasteiger partial charge in [-0.05, 0) is 30.3 Å². The van der Waals surface area contributed by atoms with Crippen LogP contribution < -0.4 is 5.32 Å². The number of carbonyl (C=O) groups is 2. The van der Waals surface area contributed by atoms with Gasteiger partial charge in [0.15, 0.2) is 0 Å². The summed E-state index contributed by atoms with van der Waals surface area (Å²) >= 11 is 0. The quantitative estimate of drug-likeness (QED) is 0.774. The summed E-state index contributed by atoms with van der Waals surface area (Å²) in [4.78, 5) is 27.6. The highest BCUT2D eigenvalue weighted by molar-refractivity contribution is 5.97. The first-order valence-electron chi connectivity index (χ1n) is 7.08. The molecule has 6 heteroatoms. The third kappa shape index (κ3) is 2.91. The van der Waals surface area contributed by atoms with Crippen molar-refractivity contribution < 1.29 is 14.7 Å². The van der Waals surface area contributed by atoms with E-state index in [-0.39, 0.29) is 18.0 Å². The maximum atomic E-state index is 12.2. The fourth-order valence-corrected chi connectivity index (χ4v) is 2.41. The maximum absolute atomic E-state index is 12.2. The molecular formula is C17H15N3O3. The van der Waals surface area contributed by atoms with E-state index in [1.165, 1.54) is 12.1 Å². The van der Waals surface area contributed by atoms with Gasteiger partial charge in [0.05, 0.1) is 23.1 Å². The SMILES string of the molecule is Cn1c(CNC(=O)c2cccc(C(=O)O)c2)nc2ccccc21. The molecule has 2 aromatic carbocycles. The largest absolute Gasteiger partial charge is 0.478 e. The topological polar surface area (TPSA) is 84.2 Å². The highest BCUT2D eigenvalue weighted by atomic mass is 16.4. The number of carboxylic acid groups (broad SMARTS) is 1. The summed E-state index contributed by atoms with van der Waals surface area (Å²) in [5.41, 5.74) is 2.25. The average Bonchev–Trinajstić information content (AvgIpc) is 2.89. The number of nitrogens with zero attached hydrogens (tertiary/aromatic N) is 2. The van der Waals surface area contributed by atoms with Crippen LogP contribution in [0.4, 0.5) is 0 Å². The van der Waals surface area contributed by atoms with Crippen LogP contribution in [0.2, 0.25) is 0 Å². The Morgan fingerprint density at radius 3 is 2.61 bits per heavy atom. The van der Waals surface area contributed by atoms with Crippen LogP contribution in [-0.4, -0.2) is 26.5 Å². The molecule has 0 radical (unpaired) electrons. The Morgan fingerprint density at radius 2 is 1.87 bits per heavy atom. The minimum Gasteiger partial charge on any atom is -0.478 e. The van der Waals surface area contributed by atoms with E-state index in [1.807, 2.05) is 35.9 Å². The zero-order chi connectivity index (χ0) is 16.4. The Hall–Kier alpha value is -3.15. The second kappa shape index (κ2) is 5.92. The van der Waals surface area contributed by atoms with Crippen LogP contribution in [0, 0.1) is 0 Å². The number of aromatic carboxylic acids is 1. The molecule has 0 aliphatic rings. The van der Waals surface area contributed by atoms with Crippen molar-refractivity contribution in [3.8, 4) is 0 Å². The molecule has 0 bridgehead atoms. The van der Waals surface area contributed by atoms with Crippen molar-refractivity contribution in [1.29, 1.82) is 0 Å². The van der Waals surface area contributed by atoms with Crippen LogP contribution in [0.1, 0.15) is 26.5 Å². The molecule has 0 aliphatic carbocycles. The first kappa shape index (κ1) is 14.8. The number of amides is 1. The van der Waals surface area contributed by atoms with Crippen LogP contribution in [0.15, 0.2) is 48.5 Å². The molecule has 3 rings (SSSR count). The average molecular weight is 309 g/mol. The lowest BCUT2D eigenvalue weighted by atomic mass is 10.1. The van der Waals surface area contributed by atoms with Crippen LogP contribution in [0.3, 0.4) is 0 Å². The molecule has 0 saturated heterocycles. The monoisotopic (exact) mass is 309 g/mol. The minimum absolute atomic E-state index is 0.0837. The number of benzene rings is 2. The second-order valence-electron chi connectivity index (χ2n) is 5.14. The summed E-state index contributed by atoms with van der Waals surface area (Å²) in [6, 6.07) is 13.7. The van der Waals surface area contributed by atoms with Gasteiger partial charge in [0.1, 0.15) is 5.82 Å². The normalized spacial score (nSPS) is 10.7. The summed E-state index contributed by atoms with van der Waals surface area (Å²) in [6.45, 7) is 0.265. The maximum Gasteiger partial charge on any atom is 0.335 e. The number of carbonyl (C=O) groups excluding carboxylic acids is 1. The van der Waals surface area contributed by atoms with Crippen LogP contribution in [-0.2, 0) is 13.6 Å². The lowest BCUT2D eigenvalue weighted by Crippen LogP contribution is -2.24. The number of hydrogen-bond donors (Lipinski definition) is 2. The third-order valence-corrected chi connectivity index (χ3v) is 3.66. The molecule has 0 fully saturated rings. The Bertz CT molecular complexity index is 899. The molecule has 1 aromatic heterocycles. The van der Waals surface area contributed by atoms with Crippen molar-refractivity contribution in [3.63, 3.8) is 0 Å². The number of para-hydroxylation sites is 2. The number of aryl methyl sites for hydroxylation is 1. The van der Waals surface area contributed by atoms with Gasteiger partial charge in [0.2, 0.25) is 0 Å². The van der Waals surface area contributed by atoms with Crippen LogP contribution in [0.25, 0.3) is 11.0 Å². The van der Waals surface area contributed by atoms with Crippen LogP contribution in [0.5, 0.6) is 0 Å². The number of hydrogen-bond acceptors (Lipinski definition) is 3. The first-order valence-corrected chi connectivity index (χ1v) is 7.08. The molecule has 2 N–H and O–H groups in total. The smallest absolute Gasteiger partial charge is 0.335 e. The summed E-state index contributed by atoms with van der Waals surface area (Å²) in [5.74, 6) is -0.663. The number of imidazole rings is 1. The van der Waals surface area contributed by atoms with Gasteiger partial charge in [-0.1, -0.05) is 18.2 Å². The van der Waals surface area contributed by atoms with E-state index < -0.39 is 5.97 Å². The fraction of sp³-hybridized carbons (Fsp3) is 0.118. The van der Waals surface area contributed by atoms with Crippen molar-refractivity contribution >= 4 is 22.9 Å². The molecule has 0 spiro atoms. The number of carboxylic acids is 1. The molecule has 116 valence electrons. The molecule has 0 saturated carbocycles. The van der Waals surface area contributed by atoms with E-state index in [1.54, 1.807) is 12.1 Å². The third-order valence-electron chi connectivity index (χ3n) is 3.66. The van der Waals surface area contributed by atoms with Crippen molar-refractivity contribution in [1.82, 2.24) is 14.9 Å². The molecule has 3 aromatic rings. The van der Waals surface area contributed by atoms with Crippen molar-refractivity contribution in [3.05, 3.63) is 65.5 Å². The summed E-state index contributed by atoms with van der Waals surface area (Å²) in [5, 5.41) is 11.7. The zero-order valence-corrected chi connectivity index (χ0v) is 12.5. The first-order chi connectivity index (χ1) is 11.1. The standard InChI is InChI=1S/C17H15N3O3/c1-20-14-8-3-2-7-13(14)19-15(20)10-18-16(21)11-5-4-6-12(9-11)17(22)23/h2-9H,10H2,1H3,(H,18,21)(H,22,23). The molecule has 0 unspecified atom stereocenters. The molecule has 1 amide bonds. The number of nitrogens with one attached hydrogen (secondary N) is 1. The Kier molecular flexibility index (Phi) is 3.80. The van der Waals surface area contributed by atoms with Crippen molar-refractivity contribution in [2.24, 2.45) is 7.05 Å². The number of aromatic nitrogens is 2. The van der Waals surface area contributed by atoms with Gasteiger partial charge in [0.25, 0.3) is 5.91 Å². The number of rotatable bonds is 4. The Morgan fingerprint density at radius 1 is 1.13 bits per heavy atom. The number of fused-ring (bicyclic) bond motifs is 1. The predicted octanol–water partition coefficient (Wildman–Crippen LogP) is 2.20. The summed E-state index contributed by atoms with van der Waals surface area (Å²) in [7, 11) is 1.89. The van der Waals surface area contributed by atoms with Gasteiger partial charge in [-0.25, -0.2) is 9.78 Å². The van der Waals surface area contributed by atoms with E-state index in [2.05, 4.69) is 10.3 Å². The van der Waals surface area contributed by atoms with E-state index in [9.17, 15) is 9.59 Å². The zero-order valence-electron chi connectivity index (χ0n) is 12.5. The Labute approximate surface area is 132 Å². The highest BCUT2D eigenvalue weighted by Crippen LogP contribution is 2.14. The van der Waals surface area contributed by atoms with Crippen molar-refractivity contribution in [2.75, 3.05) is 0 Å². The molecular weight excluding hydrogens is 294 g/mol. The summed E-state index contributed by atoms with van der Waals surface area (Å²) in [6.07, 6.45) is 0. The van der Waals surface area contributed by atoms with Gasteiger partial charge in [-0.15, -0.1) is 0 Å². The lowest BCUT2D eigenvalue weighted by molar-refractivity contribution is 0.0697. The van der Waals surface area contributed by atoms with Gasteiger partial charge in [-0.3, -0.25) is 4.79 Å². The fourth-order valence-electron chi connectivity index (χ4n) is 2.41. The Balaban J connectivity index is 1.77. The molecule has 0 atom stereocenters. The molecule has 23 heavy (non-hydrogen) atoms. The van der Waals surface area contributed by atoms with Crippen LogP contribution >= 0.6 is 0 Å². The van der Waals surface area contributed by atoms with Gasteiger partial charge < -0.3 is 15.0 Å². The van der Waals surface area contributed by atoms with E-state index in [4.69, 9.17) is 5.11 Å². The summed E-state index contributed by atoms with van der Waals surface area (Å²) < 4.78 is 1.92. The molecule has 1 heterocycles. The minimum atomic E-state index is -1.06. The molecule has 6 nitrogen and oxygen atoms in total. The molecule has 0 aliphatic heterocycles. The predicted molar refractivity (Wildman–Crippen MR) is 85.3 cm³/mol. The van der Waals surface area contributed by atoms with E-state index in [0.29, 0.717) is 5.56 Å². The lowest BCUT2D eigenvalue weighted by Gasteiger charge is -2.06. The van der Waals surface area contributed by atoms with Crippen molar-refractivity contribution in [2.45, 2.75) is 6.54 Å². The van der Waals surface area contributed by atoms with Gasteiger partial charge in [-0.2, -0.15) is 0 Å².